The van der Waals surface area contributed by atoms with Crippen molar-refractivity contribution in [1.82, 2.24) is 19.0 Å². The highest BCUT2D eigenvalue weighted by Crippen LogP contribution is 2.31. The van der Waals surface area contributed by atoms with E-state index in [-0.39, 0.29) is 32.3 Å². The van der Waals surface area contributed by atoms with Gasteiger partial charge in [-0.2, -0.15) is 26.7 Å². The standard InChI is InChI=1S/C23H23F3N4O3.H2S/c1-3-17-10-28(13-27-17)19-4-5-20-22(33)29(18(12-31)11-30(20)21(19)32)9-15-6-14(2)7-16(8-15)23(24,25)26;/h4-8,10,13,18,31H,3,9,11-12H2,1-2H3;1H2. The van der Waals surface area contributed by atoms with Gasteiger partial charge in [-0.05, 0) is 43.2 Å². The van der Waals surface area contributed by atoms with E-state index in [1.54, 1.807) is 23.8 Å². The van der Waals surface area contributed by atoms with E-state index >= 15 is 0 Å². The molecule has 34 heavy (non-hydrogen) atoms. The van der Waals surface area contributed by atoms with Crippen LogP contribution in [0, 0.1) is 6.92 Å². The molecule has 0 fully saturated rings. The van der Waals surface area contributed by atoms with Crippen molar-refractivity contribution >= 4 is 19.4 Å². The summed E-state index contributed by atoms with van der Waals surface area (Å²) < 4.78 is 42.6. The third kappa shape index (κ3) is 4.76. The lowest BCUT2D eigenvalue weighted by atomic mass is 10.0. The summed E-state index contributed by atoms with van der Waals surface area (Å²) in [5.41, 5.74) is 0.753. The molecule has 7 nitrogen and oxygen atoms in total. The molecule has 1 N–H and O–H groups in total. The minimum absolute atomic E-state index is 0. The van der Waals surface area contributed by atoms with Gasteiger partial charge in [-0.1, -0.05) is 18.6 Å². The lowest BCUT2D eigenvalue weighted by molar-refractivity contribution is -0.137. The maximum Gasteiger partial charge on any atom is 0.416 e. The van der Waals surface area contributed by atoms with Crippen LogP contribution in [0.25, 0.3) is 5.69 Å². The van der Waals surface area contributed by atoms with Crippen molar-refractivity contribution in [1.29, 1.82) is 0 Å². The van der Waals surface area contributed by atoms with Gasteiger partial charge >= 0.3 is 6.18 Å². The normalized spacial score (nSPS) is 15.8. The molecule has 1 aromatic carbocycles. The topological polar surface area (TPSA) is 80.4 Å². The number of aliphatic hydroxyl groups excluding tert-OH is 1. The van der Waals surface area contributed by atoms with Crippen LogP contribution in [0.1, 0.15) is 39.8 Å². The van der Waals surface area contributed by atoms with Crippen molar-refractivity contribution in [2.24, 2.45) is 0 Å². The van der Waals surface area contributed by atoms with Crippen molar-refractivity contribution < 1.29 is 23.1 Å². The predicted octanol–water partition coefficient (Wildman–Crippen LogP) is 3.05. The van der Waals surface area contributed by atoms with E-state index in [4.69, 9.17) is 0 Å². The third-order valence-electron chi connectivity index (χ3n) is 5.77. The van der Waals surface area contributed by atoms with Crippen LogP contribution in [-0.4, -0.2) is 42.7 Å². The van der Waals surface area contributed by atoms with Gasteiger partial charge in [0, 0.05) is 19.3 Å². The van der Waals surface area contributed by atoms with Gasteiger partial charge < -0.3 is 14.6 Å². The Morgan fingerprint density at radius 1 is 1.18 bits per heavy atom. The molecule has 0 bridgehead atoms. The fourth-order valence-corrected chi connectivity index (χ4v) is 4.10. The molecule has 1 atom stereocenters. The summed E-state index contributed by atoms with van der Waals surface area (Å²) in [7, 11) is 0. The van der Waals surface area contributed by atoms with Crippen molar-refractivity contribution in [3.8, 4) is 5.69 Å². The lowest BCUT2D eigenvalue weighted by Crippen LogP contribution is -2.52. The molecule has 4 rings (SSSR count). The molecule has 3 heterocycles. The summed E-state index contributed by atoms with van der Waals surface area (Å²) in [5.74, 6) is -0.529. The Hall–Kier alpha value is -3.05. The monoisotopic (exact) mass is 494 g/mol. The Bertz CT molecular complexity index is 1270. The number of hydrogen-bond acceptors (Lipinski definition) is 4. The van der Waals surface area contributed by atoms with E-state index in [0.29, 0.717) is 23.2 Å². The van der Waals surface area contributed by atoms with E-state index in [1.807, 2.05) is 6.92 Å². The second kappa shape index (κ2) is 9.67. The van der Waals surface area contributed by atoms with Gasteiger partial charge in [0.1, 0.15) is 11.4 Å². The van der Waals surface area contributed by atoms with Crippen molar-refractivity contribution in [3.05, 3.63) is 81.3 Å². The summed E-state index contributed by atoms with van der Waals surface area (Å²) in [6.45, 7) is 2.96. The summed E-state index contributed by atoms with van der Waals surface area (Å²) in [6, 6.07) is 5.90. The number of carbonyl (C=O) groups is 1. The van der Waals surface area contributed by atoms with E-state index in [2.05, 4.69) is 4.98 Å². The molecule has 1 aliphatic rings. The van der Waals surface area contributed by atoms with Gasteiger partial charge in [-0.3, -0.25) is 14.2 Å². The number of aromatic nitrogens is 3. The number of aliphatic hydroxyl groups is 1. The second-order valence-corrected chi connectivity index (χ2v) is 8.12. The minimum Gasteiger partial charge on any atom is -0.394 e. The van der Waals surface area contributed by atoms with Crippen molar-refractivity contribution in [3.63, 3.8) is 0 Å². The maximum atomic E-state index is 13.2. The number of aryl methyl sites for hydroxylation is 2. The van der Waals surface area contributed by atoms with E-state index < -0.39 is 35.9 Å². The van der Waals surface area contributed by atoms with Gasteiger partial charge in [0.05, 0.1) is 30.2 Å². The molecule has 11 heteroatoms. The summed E-state index contributed by atoms with van der Waals surface area (Å²) in [4.78, 5) is 31.9. The molecule has 0 saturated heterocycles. The number of carbonyl (C=O) groups excluding carboxylic acids is 1. The highest BCUT2D eigenvalue weighted by atomic mass is 32.1. The highest BCUT2D eigenvalue weighted by Gasteiger charge is 2.35. The minimum atomic E-state index is -4.51. The molecule has 2 aromatic heterocycles. The molecule has 0 aliphatic carbocycles. The second-order valence-electron chi connectivity index (χ2n) is 8.12. The molecular formula is C23H25F3N4O3S. The molecule has 1 unspecified atom stereocenters. The van der Waals surface area contributed by atoms with Gasteiger partial charge in [-0.25, -0.2) is 4.98 Å². The molecular weight excluding hydrogens is 469 g/mol. The number of pyridine rings is 1. The number of nitrogens with zero attached hydrogens (tertiary/aromatic N) is 4. The third-order valence-corrected chi connectivity index (χ3v) is 5.77. The van der Waals surface area contributed by atoms with Crippen LogP contribution in [0.2, 0.25) is 0 Å². The van der Waals surface area contributed by atoms with E-state index in [0.717, 1.165) is 17.8 Å². The smallest absolute Gasteiger partial charge is 0.394 e. The molecule has 182 valence electrons. The van der Waals surface area contributed by atoms with E-state index in [9.17, 15) is 27.9 Å². The van der Waals surface area contributed by atoms with Gasteiger partial charge in [0.25, 0.3) is 11.5 Å². The zero-order chi connectivity index (χ0) is 23.9. The fourth-order valence-electron chi connectivity index (χ4n) is 4.10. The number of benzene rings is 1. The van der Waals surface area contributed by atoms with Crippen LogP contribution in [0.15, 0.2) is 47.7 Å². The number of alkyl halides is 3. The molecule has 1 aliphatic heterocycles. The number of halogens is 3. The number of imidazole rings is 1. The highest BCUT2D eigenvalue weighted by molar-refractivity contribution is 7.59. The van der Waals surface area contributed by atoms with Crippen LogP contribution in [0.4, 0.5) is 13.2 Å². The zero-order valence-electron chi connectivity index (χ0n) is 18.6. The van der Waals surface area contributed by atoms with Crippen LogP contribution in [-0.2, 0) is 25.7 Å². The Morgan fingerprint density at radius 3 is 2.53 bits per heavy atom. The van der Waals surface area contributed by atoms with Crippen LogP contribution >= 0.6 is 13.5 Å². The largest absolute Gasteiger partial charge is 0.416 e. The average molecular weight is 495 g/mol. The molecule has 0 radical (unpaired) electrons. The summed E-state index contributed by atoms with van der Waals surface area (Å²) in [6.07, 6.45) is -0.544. The first kappa shape index (κ1) is 25.6. The Labute approximate surface area is 200 Å². The number of fused-ring (bicyclic) bond motifs is 1. The quantitative estimate of drug-likeness (QED) is 0.591. The molecule has 1 amide bonds. The van der Waals surface area contributed by atoms with Crippen molar-refractivity contribution in [2.45, 2.75) is 45.6 Å². The molecule has 0 saturated carbocycles. The fraction of sp³-hybridized carbons (Fsp3) is 0.348. The van der Waals surface area contributed by atoms with Crippen LogP contribution in [0.5, 0.6) is 0 Å². The first-order chi connectivity index (χ1) is 15.6. The Kier molecular flexibility index (Phi) is 7.27. The zero-order valence-corrected chi connectivity index (χ0v) is 19.6. The van der Waals surface area contributed by atoms with E-state index in [1.165, 1.54) is 27.9 Å². The maximum absolute atomic E-state index is 13.2. The van der Waals surface area contributed by atoms with Crippen LogP contribution < -0.4 is 5.56 Å². The summed E-state index contributed by atoms with van der Waals surface area (Å²) in [5, 5.41) is 9.93. The number of amides is 1. The summed E-state index contributed by atoms with van der Waals surface area (Å²) >= 11 is 0. The first-order valence-corrected chi connectivity index (χ1v) is 10.5. The average Bonchev–Trinajstić information content (AvgIpc) is 3.24. The van der Waals surface area contributed by atoms with Gasteiger partial charge in [0.15, 0.2) is 0 Å². The molecule has 3 aromatic rings. The Balaban J connectivity index is 0.00000324. The lowest BCUT2D eigenvalue weighted by Gasteiger charge is -2.36. The SMILES string of the molecule is CCc1cn(-c2ccc3n(c2=O)CC(CO)N(Cc2cc(C)cc(C(F)(F)F)c2)C3=O)cn1.S. The predicted molar refractivity (Wildman–Crippen MR) is 125 cm³/mol. The van der Waals surface area contributed by atoms with Crippen LogP contribution in [0.3, 0.4) is 0 Å². The number of hydrogen-bond donors (Lipinski definition) is 1. The van der Waals surface area contributed by atoms with Crippen molar-refractivity contribution in [2.75, 3.05) is 6.61 Å². The Morgan fingerprint density at radius 2 is 1.91 bits per heavy atom. The van der Waals surface area contributed by atoms with Gasteiger partial charge in [-0.15, -0.1) is 0 Å². The molecule has 0 spiro atoms. The first-order valence-electron chi connectivity index (χ1n) is 10.5. The van der Waals surface area contributed by atoms with Gasteiger partial charge in [0.2, 0.25) is 0 Å². The number of rotatable bonds is 5.